The number of hydrogen-bond acceptors (Lipinski definition) is 3. The van der Waals surface area contributed by atoms with Crippen LogP contribution in [0.15, 0.2) is 0 Å². The molecular formula is C10H10F10O3. The summed E-state index contributed by atoms with van der Waals surface area (Å²) in [6.07, 6.45) is 0. The standard InChI is InChI=1S/C10H10F10O3/c1-4(2,3)22-23-10(21)8(17,18)6(13,14)5(11,12)7(15,16)9(10,19)20/h21H,1-3H3. The topological polar surface area (TPSA) is 38.7 Å². The highest BCUT2D eigenvalue weighted by molar-refractivity contribution is 5.23. The quantitative estimate of drug-likeness (QED) is 0.350. The van der Waals surface area contributed by atoms with Gasteiger partial charge in [-0.2, -0.15) is 48.8 Å². The van der Waals surface area contributed by atoms with Gasteiger partial charge in [0.15, 0.2) is 0 Å². The van der Waals surface area contributed by atoms with E-state index in [1.165, 1.54) is 0 Å². The summed E-state index contributed by atoms with van der Waals surface area (Å²) >= 11 is 0. The summed E-state index contributed by atoms with van der Waals surface area (Å²) in [4.78, 5) is 6.87. The first-order valence-electron chi connectivity index (χ1n) is 5.69. The fourth-order valence-electron chi connectivity index (χ4n) is 1.50. The Hall–Kier alpha value is -0.820. The molecule has 1 rings (SSSR count). The lowest BCUT2D eigenvalue weighted by Crippen LogP contribution is -2.85. The number of alkyl halides is 10. The van der Waals surface area contributed by atoms with Gasteiger partial charge >= 0.3 is 35.4 Å². The van der Waals surface area contributed by atoms with Crippen LogP contribution in [-0.4, -0.2) is 46.1 Å². The van der Waals surface area contributed by atoms with Crippen molar-refractivity contribution in [1.29, 1.82) is 0 Å². The normalized spacial score (nSPS) is 30.0. The van der Waals surface area contributed by atoms with Gasteiger partial charge in [-0.3, -0.25) is 0 Å². The van der Waals surface area contributed by atoms with Crippen LogP contribution in [0.25, 0.3) is 0 Å². The molecule has 0 radical (unpaired) electrons. The summed E-state index contributed by atoms with van der Waals surface area (Å²) in [6, 6.07) is 0. The van der Waals surface area contributed by atoms with Gasteiger partial charge < -0.3 is 5.11 Å². The van der Waals surface area contributed by atoms with Crippen molar-refractivity contribution < 1.29 is 58.8 Å². The van der Waals surface area contributed by atoms with Gasteiger partial charge in [-0.25, -0.2) is 4.89 Å². The summed E-state index contributed by atoms with van der Waals surface area (Å²) in [7, 11) is 0. The molecule has 0 aromatic rings. The van der Waals surface area contributed by atoms with Crippen molar-refractivity contribution in [2.45, 2.75) is 61.8 Å². The molecule has 3 nitrogen and oxygen atoms in total. The third kappa shape index (κ3) is 2.15. The van der Waals surface area contributed by atoms with Gasteiger partial charge in [-0.05, 0) is 20.8 Å². The van der Waals surface area contributed by atoms with Crippen LogP contribution >= 0.6 is 0 Å². The lowest BCUT2D eigenvalue weighted by molar-refractivity contribution is -0.595. The molecular weight excluding hydrogens is 358 g/mol. The fraction of sp³-hybridized carbons (Fsp3) is 1.00. The van der Waals surface area contributed by atoms with Crippen molar-refractivity contribution in [2.75, 3.05) is 0 Å². The molecule has 23 heavy (non-hydrogen) atoms. The molecule has 1 fully saturated rings. The van der Waals surface area contributed by atoms with Crippen molar-refractivity contribution in [3.63, 3.8) is 0 Å². The zero-order valence-electron chi connectivity index (χ0n) is 11.5. The first-order valence-corrected chi connectivity index (χ1v) is 5.69. The molecule has 0 aromatic heterocycles. The zero-order chi connectivity index (χ0) is 18.9. The third-order valence-electron chi connectivity index (χ3n) is 2.84. The van der Waals surface area contributed by atoms with E-state index in [1.807, 2.05) is 0 Å². The molecule has 1 N–H and O–H groups in total. The van der Waals surface area contributed by atoms with Gasteiger partial charge in [0.1, 0.15) is 0 Å². The van der Waals surface area contributed by atoms with Gasteiger partial charge in [0.25, 0.3) is 0 Å². The van der Waals surface area contributed by atoms with Gasteiger partial charge in [0.05, 0.1) is 5.60 Å². The second-order valence-electron chi connectivity index (χ2n) is 5.80. The molecule has 0 aliphatic heterocycles. The van der Waals surface area contributed by atoms with E-state index in [0.717, 1.165) is 20.8 Å². The van der Waals surface area contributed by atoms with Crippen LogP contribution < -0.4 is 0 Å². The molecule has 0 amide bonds. The average Bonchev–Trinajstić information content (AvgIpc) is 2.32. The molecule has 1 aliphatic rings. The molecule has 1 aliphatic carbocycles. The van der Waals surface area contributed by atoms with E-state index in [9.17, 15) is 43.9 Å². The maximum Gasteiger partial charge on any atom is 0.384 e. The summed E-state index contributed by atoms with van der Waals surface area (Å²) < 4.78 is 132. The third-order valence-corrected chi connectivity index (χ3v) is 2.84. The van der Waals surface area contributed by atoms with Crippen molar-refractivity contribution in [2.24, 2.45) is 0 Å². The first-order chi connectivity index (χ1) is 9.71. The Balaban J connectivity index is 3.61. The summed E-state index contributed by atoms with van der Waals surface area (Å²) in [5.74, 6) is -41.1. The molecule has 0 spiro atoms. The average molecular weight is 368 g/mol. The predicted octanol–water partition coefficient (Wildman–Crippen LogP) is 3.61. The minimum Gasteiger partial charge on any atom is -0.354 e. The molecule has 0 saturated heterocycles. The van der Waals surface area contributed by atoms with Crippen LogP contribution in [-0.2, 0) is 9.78 Å². The molecule has 0 bridgehead atoms. The van der Waals surface area contributed by atoms with E-state index in [2.05, 4.69) is 9.78 Å². The summed E-state index contributed by atoms with van der Waals surface area (Å²) in [5, 5.41) is 9.05. The monoisotopic (exact) mass is 368 g/mol. The van der Waals surface area contributed by atoms with Crippen LogP contribution in [0.5, 0.6) is 0 Å². The van der Waals surface area contributed by atoms with Gasteiger partial charge in [0, 0.05) is 0 Å². The van der Waals surface area contributed by atoms with Crippen molar-refractivity contribution >= 4 is 0 Å². The molecule has 13 heteroatoms. The molecule has 1 saturated carbocycles. The zero-order valence-corrected chi connectivity index (χ0v) is 11.5. The lowest BCUT2D eigenvalue weighted by Gasteiger charge is -2.52. The van der Waals surface area contributed by atoms with E-state index in [-0.39, 0.29) is 0 Å². The van der Waals surface area contributed by atoms with Crippen LogP contribution in [0.1, 0.15) is 20.8 Å². The molecule has 0 atom stereocenters. The maximum atomic E-state index is 13.4. The largest absolute Gasteiger partial charge is 0.384 e. The van der Waals surface area contributed by atoms with Crippen LogP contribution in [0, 0.1) is 0 Å². The fourth-order valence-corrected chi connectivity index (χ4v) is 1.50. The smallest absolute Gasteiger partial charge is 0.354 e. The van der Waals surface area contributed by atoms with Crippen molar-refractivity contribution in [3.8, 4) is 0 Å². The first kappa shape index (κ1) is 20.2. The van der Waals surface area contributed by atoms with E-state index in [1.54, 1.807) is 0 Å². The van der Waals surface area contributed by atoms with Crippen LogP contribution in [0.2, 0.25) is 0 Å². The van der Waals surface area contributed by atoms with Gasteiger partial charge in [-0.15, -0.1) is 0 Å². The summed E-state index contributed by atoms with van der Waals surface area (Å²) in [5.41, 5.74) is -1.83. The second kappa shape index (κ2) is 4.63. The van der Waals surface area contributed by atoms with Gasteiger partial charge in [-0.1, -0.05) is 0 Å². The highest BCUT2D eigenvalue weighted by Gasteiger charge is 3.02. The van der Waals surface area contributed by atoms with E-state index >= 15 is 0 Å². The van der Waals surface area contributed by atoms with Gasteiger partial charge in [0.2, 0.25) is 0 Å². The number of rotatable bonds is 2. The Morgan fingerprint density at radius 1 is 0.609 bits per heavy atom. The summed E-state index contributed by atoms with van der Waals surface area (Å²) in [6.45, 7) is 2.75. The van der Waals surface area contributed by atoms with E-state index in [0.29, 0.717) is 0 Å². The molecule has 0 aromatic carbocycles. The van der Waals surface area contributed by atoms with Crippen molar-refractivity contribution in [1.82, 2.24) is 0 Å². The minimum absolute atomic E-state index is 0.917. The SMILES string of the molecule is CC(C)(C)OOC1(O)C(F)(F)C(F)(F)C(F)(F)C(F)(F)C1(F)F. The Morgan fingerprint density at radius 3 is 1.13 bits per heavy atom. The molecule has 138 valence electrons. The Kier molecular flexibility index (Phi) is 4.07. The lowest BCUT2D eigenvalue weighted by atomic mass is 9.78. The number of aliphatic hydroxyl groups is 1. The number of halogens is 10. The Labute approximate surface area is 122 Å². The highest BCUT2D eigenvalue weighted by Crippen LogP contribution is 2.68. The number of hydrogen-bond donors (Lipinski definition) is 1. The predicted molar refractivity (Wildman–Crippen MR) is 51.6 cm³/mol. The van der Waals surface area contributed by atoms with E-state index in [4.69, 9.17) is 5.11 Å². The Morgan fingerprint density at radius 2 is 0.870 bits per heavy atom. The Bertz CT molecular complexity index is 452. The minimum atomic E-state index is -7.19. The van der Waals surface area contributed by atoms with E-state index < -0.39 is 41.0 Å². The second-order valence-corrected chi connectivity index (χ2v) is 5.80. The molecule has 0 unspecified atom stereocenters. The molecule has 0 heterocycles. The van der Waals surface area contributed by atoms with Crippen LogP contribution in [0.3, 0.4) is 0 Å². The van der Waals surface area contributed by atoms with Crippen molar-refractivity contribution in [3.05, 3.63) is 0 Å². The highest BCUT2D eigenvalue weighted by atomic mass is 19.4. The van der Waals surface area contributed by atoms with Crippen LogP contribution in [0.4, 0.5) is 43.9 Å². The maximum absolute atomic E-state index is 13.4.